The Morgan fingerprint density at radius 2 is 1.19 bits per heavy atom. The van der Waals surface area contributed by atoms with Crippen LogP contribution in [0.1, 0.15) is 89.0 Å². The molecule has 0 aliphatic heterocycles. The van der Waals surface area contributed by atoms with E-state index >= 15 is 0 Å². The van der Waals surface area contributed by atoms with Gasteiger partial charge in [0, 0.05) is 0 Å². The summed E-state index contributed by atoms with van der Waals surface area (Å²) in [6, 6.07) is 0. The van der Waals surface area contributed by atoms with Crippen molar-refractivity contribution in [2.45, 2.75) is 89.0 Å². The van der Waals surface area contributed by atoms with Crippen molar-refractivity contribution in [2.75, 3.05) is 0 Å². The Labute approximate surface area is 137 Å². The van der Waals surface area contributed by atoms with Crippen LogP contribution < -0.4 is 0 Å². The van der Waals surface area contributed by atoms with Crippen LogP contribution in [0.25, 0.3) is 0 Å². The van der Waals surface area contributed by atoms with Crippen molar-refractivity contribution in [1.29, 1.82) is 0 Å². The number of hydrogen-bond donors (Lipinski definition) is 0. The van der Waals surface area contributed by atoms with Gasteiger partial charge in [0.05, 0.1) is 0 Å². The maximum absolute atomic E-state index is 3.82. The second-order valence-corrected chi connectivity index (χ2v) is 6.04. The lowest BCUT2D eigenvalue weighted by molar-refractivity contribution is 0.247. The van der Waals surface area contributed by atoms with Crippen LogP contribution in [-0.4, -0.2) is 0 Å². The number of hydrogen-bond acceptors (Lipinski definition) is 0. The molecule has 128 valence electrons. The zero-order valence-electron chi connectivity index (χ0n) is 17.1. The van der Waals surface area contributed by atoms with Gasteiger partial charge in [-0.1, -0.05) is 107 Å². The lowest BCUT2D eigenvalue weighted by Gasteiger charge is -2.34. The van der Waals surface area contributed by atoms with E-state index in [0.29, 0.717) is 5.41 Å². The minimum atomic E-state index is 0.223. The molecule has 0 unspecified atom stereocenters. The third-order valence-corrected chi connectivity index (χ3v) is 2.52. The first-order valence-corrected chi connectivity index (χ1v) is 8.66. The van der Waals surface area contributed by atoms with Crippen LogP contribution in [0.5, 0.6) is 0 Å². The van der Waals surface area contributed by atoms with Gasteiger partial charge in [0.25, 0.3) is 0 Å². The van der Waals surface area contributed by atoms with E-state index in [1.54, 1.807) is 0 Å². The fourth-order valence-electron chi connectivity index (χ4n) is 2.31. The smallest absolute Gasteiger partial charge is 0.0133 e. The second kappa shape index (κ2) is 17.3. The molecular formula is C21H44. The van der Waals surface area contributed by atoms with Crippen molar-refractivity contribution in [1.82, 2.24) is 0 Å². The van der Waals surface area contributed by atoms with Crippen molar-refractivity contribution in [3.05, 3.63) is 37.0 Å². The minimum absolute atomic E-state index is 0.223. The van der Waals surface area contributed by atoms with Crippen molar-refractivity contribution in [2.24, 2.45) is 10.8 Å². The predicted molar refractivity (Wildman–Crippen MR) is 105 cm³/mol. The molecule has 0 fully saturated rings. The largest absolute Gasteiger partial charge is 0.103 e. The van der Waals surface area contributed by atoms with E-state index in [1.165, 1.54) is 12.0 Å². The summed E-state index contributed by atoms with van der Waals surface area (Å²) in [4.78, 5) is 0. The summed E-state index contributed by atoms with van der Waals surface area (Å²) in [6.45, 7) is 31.1. The van der Waals surface area contributed by atoms with Gasteiger partial charge in [-0.15, -0.1) is 6.58 Å². The molecule has 0 bridgehead atoms. The molecule has 0 saturated carbocycles. The average molecular weight is 297 g/mol. The molecule has 0 aliphatic rings. The van der Waals surface area contributed by atoms with E-state index in [9.17, 15) is 0 Å². The highest BCUT2D eigenvalue weighted by Crippen LogP contribution is 2.40. The van der Waals surface area contributed by atoms with Gasteiger partial charge in [0.2, 0.25) is 0 Å². The summed E-state index contributed by atoms with van der Waals surface area (Å²) < 4.78 is 0. The molecule has 0 aromatic carbocycles. The SMILES string of the molecule is C=C/C=C(\CC=C)C(C)(C)CC(C)(C)C.CC.CC.CC. The van der Waals surface area contributed by atoms with Crippen LogP contribution in [0, 0.1) is 10.8 Å². The molecular weight excluding hydrogens is 252 g/mol. The van der Waals surface area contributed by atoms with E-state index in [4.69, 9.17) is 0 Å². The van der Waals surface area contributed by atoms with Gasteiger partial charge >= 0.3 is 0 Å². The minimum Gasteiger partial charge on any atom is -0.103 e. The van der Waals surface area contributed by atoms with Crippen LogP contribution >= 0.6 is 0 Å². The summed E-state index contributed by atoms with van der Waals surface area (Å²) in [5.41, 5.74) is 1.99. The first-order chi connectivity index (χ1) is 9.73. The molecule has 0 nitrogen and oxygen atoms in total. The van der Waals surface area contributed by atoms with Gasteiger partial charge in [-0.2, -0.15) is 0 Å². The van der Waals surface area contributed by atoms with Gasteiger partial charge < -0.3 is 0 Å². The van der Waals surface area contributed by atoms with E-state index in [2.05, 4.69) is 53.9 Å². The molecule has 0 aliphatic carbocycles. The Morgan fingerprint density at radius 1 is 0.810 bits per heavy atom. The van der Waals surface area contributed by atoms with Crippen molar-refractivity contribution in [3.8, 4) is 0 Å². The van der Waals surface area contributed by atoms with Gasteiger partial charge in [-0.25, -0.2) is 0 Å². The molecule has 0 rings (SSSR count). The first kappa shape index (κ1) is 28.4. The standard InChI is InChI=1S/C15H26.3C2H6/c1-8-10-13(11-9-2)15(6,7)12-14(3,4)5;3*1-2/h8-10H,1-2,11-12H2,3-7H3;3*1-2H3/b13-10+;;;. The zero-order valence-corrected chi connectivity index (χ0v) is 17.1. The fraction of sp³-hybridized carbons (Fsp3) is 0.714. The maximum atomic E-state index is 3.82. The molecule has 0 radical (unpaired) electrons. The van der Waals surface area contributed by atoms with Crippen LogP contribution in [0.3, 0.4) is 0 Å². The van der Waals surface area contributed by atoms with Crippen LogP contribution in [0.4, 0.5) is 0 Å². The molecule has 0 aromatic heterocycles. The second-order valence-electron chi connectivity index (χ2n) is 6.04. The van der Waals surface area contributed by atoms with Crippen molar-refractivity contribution in [3.63, 3.8) is 0 Å². The Balaban J connectivity index is -0.000000212. The third kappa shape index (κ3) is 19.2. The molecule has 21 heavy (non-hydrogen) atoms. The van der Waals surface area contributed by atoms with Crippen molar-refractivity contribution < 1.29 is 0 Å². The summed E-state index contributed by atoms with van der Waals surface area (Å²) in [7, 11) is 0. The van der Waals surface area contributed by atoms with E-state index in [-0.39, 0.29) is 5.41 Å². The molecule has 0 spiro atoms. The molecule has 0 N–H and O–H groups in total. The van der Waals surface area contributed by atoms with E-state index < -0.39 is 0 Å². The lowest BCUT2D eigenvalue weighted by atomic mass is 9.71. The summed E-state index contributed by atoms with van der Waals surface area (Å²) in [6.07, 6.45) is 8.11. The molecule has 0 saturated heterocycles. The molecule has 0 amide bonds. The van der Waals surface area contributed by atoms with E-state index in [1.807, 2.05) is 53.7 Å². The lowest BCUT2D eigenvalue weighted by Crippen LogP contribution is -2.22. The van der Waals surface area contributed by atoms with E-state index in [0.717, 1.165) is 6.42 Å². The Kier molecular flexibility index (Phi) is 23.4. The average Bonchev–Trinajstić information content (AvgIpc) is 2.43. The highest BCUT2D eigenvalue weighted by Gasteiger charge is 2.27. The van der Waals surface area contributed by atoms with Crippen LogP contribution in [0.2, 0.25) is 0 Å². The third-order valence-electron chi connectivity index (χ3n) is 2.52. The van der Waals surface area contributed by atoms with Crippen molar-refractivity contribution >= 4 is 0 Å². The zero-order chi connectivity index (χ0) is 18.1. The fourth-order valence-corrected chi connectivity index (χ4v) is 2.31. The molecule has 0 heterocycles. The summed E-state index contributed by atoms with van der Waals surface area (Å²) in [5.74, 6) is 0. The first-order valence-electron chi connectivity index (χ1n) is 8.66. The van der Waals surface area contributed by atoms with Gasteiger partial charge in [-0.05, 0) is 23.7 Å². The molecule has 0 atom stereocenters. The molecule has 0 heteroatoms. The Bertz CT molecular complexity index is 246. The highest BCUT2D eigenvalue weighted by atomic mass is 14.3. The topological polar surface area (TPSA) is 0 Å². The monoisotopic (exact) mass is 296 g/mol. The maximum Gasteiger partial charge on any atom is -0.0133 e. The quantitative estimate of drug-likeness (QED) is 0.354. The summed E-state index contributed by atoms with van der Waals surface area (Å²) >= 11 is 0. The van der Waals surface area contributed by atoms with Gasteiger partial charge in [0.15, 0.2) is 0 Å². The highest BCUT2D eigenvalue weighted by molar-refractivity contribution is 5.20. The number of rotatable bonds is 5. The normalized spacial score (nSPS) is 10.7. The molecule has 0 aromatic rings. The Hall–Kier alpha value is -0.780. The van der Waals surface area contributed by atoms with Crippen LogP contribution in [0.15, 0.2) is 37.0 Å². The van der Waals surface area contributed by atoms with Gasteiger partial charge in [-0.3, -0.25) is 0 Å². The van der Waals surface area contributed by atoms with Crippen LogP contribution in [-0.2, 0) is 0 Å². The summed E-state index contributed by atoms with van der Waals surface area (Å²) in [5, 5.41) is 0. The number of allylic oxidation sites excluding steroid dienone is 4. The van der Waals surface area contributed by atoms with Gasteiger partial charge in [0.1, 0.15) is 0 Å². The Morgan fingerprint density at radius 3 is 1.43 bits per heavy atom. The predicted octanol–water partition coefficient (Wildman–Crippen LogP) is 8.22.